The number of aromatic nitrogens is 2. The first kappa shape index (κ1) is 14.0. The largest absolute Gasteiger partial charge is 0.393 e. The standard InChI is InChI=1S/C17H19FN2O/c1-11-8-16-13(9-17(11,3)12(2)21)10-19-20(16)15-6-4-14(18)5-7-15/h4-8,10,12,21H,9H2,1-3H3/t12?,17-/m1/s1. The molecule has 0 spiro atoms. The van der Waals surface area contributed by atoms with Crippen LogP contribution in [-0.4, -0.2) is 21.0 Å². The van der Waals surface area contributed by atoms with Crippen molar-refractivity contribution in [3.8, 4) is 5.69 Å². The van der Waals surface area contributed by atoms with Gasteiger partial charge in [-0.15, -0.1) is 0 Å². The molecule has 0 radical (unpaired) electrons. The van der Waals surface area contributed by atoms with Crippen LogP contribution in [0.3, 0.4) is 0 Å². The summed E-state index contributed by atoms with van der Waals surface area (Å²) in [7, 11) is 0. The Hall–Kier alpha value is -1.94. The average Bonchev–Trinajstić information content (AvgIpc) is 2.82. The summed E-state index contributed by atoms with van der Waals surface area (Å²) >= 11 is 0. The van der Waals surface area contributed by atoms with Crippen LogP contribution in [0.4, 0.5) is 4.39 Å². The number of hydrogen-bond donors (Lipinski definition) is 1. The Morgan fingerprint density at radius 3 is 2.62 bits per heavy atom. The van der Waals surface area contributed by atoms with Crippen molar-refractivity contribution in [1.29, 1.82) is 0 Å². The lowest BCUT2D eigenvalue weighted by Crippen LogP contribution is -2.35. The maximum atomic E-state index is 13.1. The van der Waals surface area contributed by atoms with E-state index < -0.39 is 6.10 Å². The first-order valence-corrected chi connectivity index (χ1v) is 7.11. The van der Waals surface area contributed by atoms with Crippen LogP contribution in [0.15, 0.2) is 36.0 Å². The van der Waals surface area contributed by atoms with Crippen molar-refractivity contribution < 1.29 is 9.50 Å². The molecular formula is C17H19FN2O. The molecule has 0 bridgehead atoms. The van der Waals surface area contributed by atoms with Crippen molar-refractivity contribution in [3.05, 3.63) is 53.1 Å². The summed E-state index contributed by atoms with van der Waals surface area (Å²) in [5.41, 5.74) is 3.82. The Balaban J connectivity index is 2.07. The van der Waals surface area contributed by atoms with E-state index >= 15 is 0 Å². The highest BCUT2D eigenvalue weighted by molar-refractivity contribution is 5.60. The van der Waals surface area contributed by atoms with Crippen molar-refractivity contribution >= 4 is 6.08 Å². The number of benzene rings is 1. The fourth-order valence-electron chi connectivity index (χ4n) is 2.85. The van der Waals surface area contributed by atoms with Crippen molar-refractivity contribution in [2.45, 2.75) is 33.3 Å². The number of aliphatic hydroxyl groups excluding tert-OH is 1. The molecule has 0 aliphatic heterocycles. The molecule has 1 aliphatic carbocycles. The summed E-state index contributed by atoms with van der Waals surface area (Å²) in [4.78, 5) is 0. The summed E-state index contributed by atoms with van der Waals surface area (Å²) in [5, 5.41) is 14.5. The molecule has 1 aromatic heterocycles. The smallest absolute Gasteiger partial charge is 0.123 e. The van der Waals surface area contributed by atoms with Crippen LogP contribution in [0.25, 0.3) is 11.8 Å². The van der Waals surface area contributed by atoms with Crippen molar-refractivity contribution in [2.24, 2.45) is 5.41 Å². The summed E-state index contributed by atoms with van der Waals surface area (Å²) in [5.74, 6) is -0.256. The van der Waals surface area contributed by atoms with E-state index in [1.54, 1.807) is 12.1 Å². The SMILES string of the molecule is CC1=Cc2c(cnn2-c2ccc(F)cc2)C[C@@]1(C)C(C)O. The molecule has 3 nitrogen and oxygen atoms in total. The molecule has 0 saturated carbocycles. The highest BCUT2D eigenvalue weighted by Gasteiger charge is 2.36. The fourth-order valence-corrected chi connectivity index (χ4v) is 2.85. The predicted octanol–water partition coefficient (Wildman–Crippen LogP) is 3.36. The van der Waals surface area contributed by atoms with Gasteiger partial charge in [-0.05, 0) is 56.2 Å². The molecule has 0 saturated heterocycles. The van der Waals surface area contributed by atoms with E-state index in [1.807, 2.05) is 24.7 Å². The summed E-state index contributed by atoms with van der Waals surface area (Å²) < 4.78 is 14.9. The predicted molar refractivity (Wildman–Crippen MR) is 80.7 cm³/mol. The second kappa shape index (κ2) is 4.81. The molecule has 0 amide bonds. The lowest BCUT2D eigenvalue weighted by atomic mass is 9.70. The lowest BCUT2D eigenvalue weighted by Gasteiger charge is -2.36. The average molecular weight is 286 g/mol. The van der Waals surface area contributed by atoms with Gasteiger partial charge in [0.15, 0.2) is 0 Å². The monoisotopic (exact) mass is 286 g/mol. The van der Waals surface area contributed by atoms with Gasteiger partial charge in [0.1, 0.15) is 5.82 Å². The molecular weight excluding hydrogens is 267 g/mol. The Morgan fingerprint density at radius 2 is 2.00 bits per heavy atom. The van der Waals surface area contributed by atoms with Crippen LogP contribution in [0, 0.1) is 11.2 Å². The van der Waals surface area contributed by atoms with Crippen LogP contribution in [0.1, 0.15) is 32.0 Å². The van der Waals surface area contributed by atoms with E-state index in [0.29, 0.717) is 0 Å². The molecule has 4 heteroatoms. The van der Waals surface area contributed by atoms with Gasteiger partial charge in [0.2, 0.25) is 0 Å². The van der Waals surface area contributed by atoms with Gasteiger partial charge < -0.3 is 5.11 Å². The Bertz CT molecular complexity index is 700. The van der Waals surface area contributed by atoms with Crippen LogP contribution in [0.5, 0.6) is 0 Å². The van der Waals surface area contributed by atoms with E-state index in [4.69, 9.17) is 0 Å². The van der Waals surface area contributed by atoms with Crippen LogP contribution in [-0.2, 0) is 6.42 Å². The van der Waals surface area contributed by atoms with Gasteiger partial charge >= 0.3 is 0 Å². The molecule has 2 atom stereocenters. The molecule has 110 valence electrons. The third kappa shape index (κ3) is 2.20. The Kier molecular flexibility index (Phi) is 3.21. The van der Waals surface area contributed by atoms with E-state index in [0.717, 1.165) is 28.9 Å². The number of fused-ring (bicyclic) bond motifs is 1. The highest BCUT2D eigenvalue weighted by Crippen LogP contribution is 2.41. The fraction of sp³-hybridized carbons (Fsp3) is 0.353. The molecule has 21 heavy (non-hydrogen) atoms. The number of aliphatic hydroxyl groups is 1. The van der Waals surface area contributed by atoms with Crippen molar-refractivity contribution in [1.82, 2.24) is 9.78 Å². The highest BCUT2D eigenvalue weighted by atomic mass is 19.1. The van der Waals surface area contributed by atoms with Crippen LogP contribution < -0.4 is 0 Å². The normalized spacial score (nSPS) is 22.6. The minimum Gasteiger partial charge on any atom is -0.393 e. The van der Waals surface area contributed by atoms with Gasteiger partial charge in [0.05, 0.1) is 23.7 Å². The Labute approximate surface area is 123 Å². The maximum absolute atomic E-state index is 13.1. The molecule has 0 fully saturated rings. The van der Waals surface area contributed by atoms with Crippen LogP contribution >= 0.6 is 0 Å². The molecule has 1 unspecified atom stereocenters. The van der Waals surface area contributed by atoms with E-state index in [9.17, 15) is 9.50 Å². The second-order valence-corrected chi connectivity index (χ2v) is 6.04. The minimum atomic E-state index is -0.420. The Morgan fingerprint density at radius 1 is 1.33 bits per heavy atom. The number of halogens is 1. The van der Waals surface area contributed by atoms with Crippen molar-refractivity contribution in [2.75, 3.05) is 0 Å². The number of rotatable bonds is 2. The summed E-state index contributed by atoms with van der Waals surface area (Å²) in [6.45, 7) is 5.94. The maximum Gasteiger partial charge on any atom is 0.123 e. The lowest BCUT2D eigenvalue weighted by molar-refractivity contribution is 0.0786. The molecule has 1 aromatic carbocycles. The van der Waals surface area contributed by atoms with Crippen LogP contribution in [0.2, 0.25) is 0 Å². The number of nitrogens with zero attached hydrogens (tertiary/aromatic N) is 2. The molecule has 1 heterocycles. The summed E-state index contributed by atoms with van der Waals surface area (Å²) in [6.07, 6.45) is 4.24. The quantitative estimate of drug-likeness (QED) is 0.919. The van der Waals surface area contributed by atoms with Gasteiger partial charge in [-0.2, -0.15) is 5.10 Å². The molecule has 1 N–H and O–H groups in total. The molecule has 3 rings (SSSR count). The zero-order valence-electron chi connectivity index (χ0n) is 12.5. The first-order valence-electron chi connectivity index (χ1n) is 7.11. The van der Waals surface area contributed by atoms with E-state index in [-0.39, 0.29) is 11.2 Å². The van der Waals surface area contributed by atoms with Gasteiger partial charge in [0, 0.05) is 5.41 Å². The number of hydrogen-bond acceptors (Lipinski definition) is 2. The zero-order chi connectivity index (χ0) is 15.2. The van der Waals surface area contributed by atoms with Gasteiger partial charge in [-0.1, -0.05) is 12.5 Å². The third-order valence-electron chi connectivity index (χ3n) is 4.69. The third-order valence-corrected chi connectivity index (χ3v) is 4.69. The van der Waals surface area contributed by atoms with E-state index in [2.05, 4.69) is 18.1 Å². The minimum absolute atomic E-state index is 0.256. The van der Waals surface area contributed by atoms with Crippen molar-refractivity contribution in [3.63, 3.8) is 0 Å². The second-order valence-electron chi connectivity index (χ2n) is 6.04. The molecule has 1 aliphatic rings. The van der Waals surface area contributed by atoms with Gasteiger partial charge in [0.25, 0.3) is 0 Å². The van der Waals surface area contributed by atoms with E-state index in [1.165, 1.54) is 12.1 Å². The van der Waals surface area contributed by atoms with Gasteiger partial charge in [-0.25, -0.2) is 9.07 Å². The zero-order valence-corrected chi connectivity index (χ0v) is 12.5. The van der Waals surface area contributed by atoms with Gasteiger partial charge in [-0.3, -0.25) is 0 Å². The topological polar surface area (TPSA) is 38.0 Å². The molecule has 2 aromatic rings. The summed E-state index contributed by atoms with van der Waals surface area (Å²) in [6, 6.07) is 6.30. The first-order chi connectivity index (χ1) is 9.91.